The van der Waals surface area contributed by atoms with Crippen LogP contribution in [0.1, 0.15) is 24.2 Å². The molecule has 0 radical (unpaired) electrons. The molecule has 0 aliphatic rings. The van der Waals surface area contributed by atoms with E-state index in [4.69, 9.17) is 4.42 Å². The van der Waals surface area contributed by atoms with Gasteiger partial charge < -0.3 is 4.42 Å². The lowest BCUT2D eigenvalue weighted by molar-refractivity contribution is 0.100. The molecule has 1 amide bonds. The number of nitrogens with one attached hydrogen (secondary N) is 1. The lowest BCUT2D eigenvalue weighted by Gasteiger charge is -2.02. The van der Waals surface area contributed by atoms with Crippen LogP contribution >= 0.6 is 0 Å². The lowest BCUT2D eigenvalue weighted by atomic mass is 10.1. The molecule has 3 heterocycles. The summed E-state index contributed by atoms with van der Waals surface area (Å²) in [6.45, 7) is 3.47. The number of aliphatic imine (C=N–C) groups is 1. The first-order chi connectivity index (χ1) is 12.0. The number of rotatable bonds is 2. The highest BCUT2D eigenvalue weighted by Crippen LogP contribution is 2.24. The van der Waals surface area contributed by atoms with Crippen LogP contribution in [0.25, 0.3) is 27.9 Å². The minimum atomic E-state index is -0.437. The van der Waals surface area contributed by atoms with E-state index in [9.17, 15) is 9.59 Å². The number of carbonyl (C=O) groups excluding carboxylic acids is 1. The first-order valence-electron chi connectivity index (χ1n) is 7.68. The number of carbonyl (C=O) groups is 1. The van der Waals surface area contributed by atoms with E-state index in [1.165, 1.54) is 16.8 Å². The van der Waals surface area contributed by atoms with Crippen molar-refractivity contribution in [3.63, 3.8) is 0 Å². The molecule has 0 saturated carbocycles. The smallest absolute Gasteiger partial charge is 0.282 e. The molecule has 1 aromatic carbocycles. The molecule has 4 rings (SSSR count). The molecule has 7 heteroatoms. The van der Waals surface area contributed by atoms with Gasteiger partial charge in [-0.3, -0.25) is 14.7 Å². The number of aromatic amines is 1. The molecule has 124 valence electrons. The number of hydrogen-bond acceptors (Lipinski definition) is 4. The van der Waals surface area contributed by atoms with Crippen LogP contribution in [-0.2, 0) is 0 Å². The van der Waals surface area contributed by atoms with E-state index in [-0.39, 0.29) is 16.8 Å². The van der Waals surface area contributed by atoms with Crippen molar-refractivity contribution in [2.45, 2.75) is 13.8 Å². The fourth-order valence-corrected chi connectivity index (χ4v) is 2.68. The van der Waals surface area contributed by atoms with E-state index >= 15 is 0 Å². The van der Waals surface area contributed by atoms with Gasteiger partial charge in [-0.1, -0.05) is 0 Å². The maximum atomic E-state index is 12.4. The fourth-order valence-electron chi connectivity index (χ4n) is 2.68. The summed E-state index contributed by atoms with van der Waals surface area (Å²) in [5, 5.41) is 3.66. The summed E-state index contributed by atoms with van der Waals surface area (Å²) in [4.78, 5) is 33.0. The minimum Gasteiger partial charge on any atom is -0.464 e. The third-order valence-electron chi connectivity index (χ3n) is 3.80. The molecular weight excluding hydrogens is 320 g/mol. The third-order valence-corrected chi connectivity index (χ3v) is 3.80. The van der Waals surface area contributed by atoms with Crippen LogP contribution in [-0.4, -0.2) is 26.2 Å². The number of fused-ring (bicyclic) bond motifs is 2. The van der Waals surface area contributed by atoms with Crippen LogP contribution in [0.3, 0.4) is 0 Å². The number of H-pyrrole nitrogens is 1. The van der Waals surface area contributed by atoms with Gasteiger partial charge in [-0.05, 0) is 38.1 Å². The Morgan fingerprint density at radius 2 is 2.08 bits per heavy atom. The third kappa shape index (κ3) is 2.55. The first kappa shape index (κ1) is 15.1. The zero-order valence-electron chi connectivity index (χ0n) is 13.6. The molecule has 7 nitrogen and oxygen atoms in total. The zero-order chi connectivity index (χ0) is 17.6. The SMILES string of the molecule is CC(C)=NC(=O)c1c[nH]n2c(=O)cc(-c3ccc4occc4c3)nc12. The Hall–Kier alpha value is -3.48. The predicted molar refractivity (Wildman–Crippen MR) is 94.1 cm³/mol. The molecule has 25 heavy (non-hydrogen) atoms. The zero-order valence-corrected chi connectivity index (χ0v) is 13.6. The molecule has 0 spiro atoms. The van der Waals surface area contributed by atoms with E-state index in [1.807, 2.05) is 24.3 Å². The lowest BCUT2D eigenvalue weighted by Crippen LogP contribution is -2.15. The number of furan rings is 1. The predicted octanol–water partition coefficient (Wildman–Crippen LogP) is 3.06. The number of benzene rings is 1. The number of nitrogens with zero attached hydrogens (tertiary/aromatic N) is 3. The van der Waals surface area contributed by atoms with Gasteiger partial charge in [-0.2, -0.15) is 0 Å². The summed E-state index contributed by atoms with van der Waals surface area (Å²) in [7, 11) is 0. The molecule has 0 saturated heterocycles. The number of amides is 1. The average Bonchev–Trinajstić information content (AvgIpc) is 3.20. The molecule has 0 aliphatic carbocycles. The second kappa shape index (κ2) is 5.55. The molecule has 0 atom stereocenters. The van der Waals surface area contributed by atoms with Crippen LogP contribution in [0.2, 0.25) is 0 Å². The molecule has 0 aliphatic heterocycles. The molecule has 3 aromatic heterocycles. The minimum absolute atomic E-state index is 0.254. The Bertz CT molecular complexity index is 1210. The van der Waals surface area contributed by atoms with Crippen LogP contribution in [0.4, 0.5) is 0 Å². The van der Waals surface area contributed by atoms with Crippen LogP contribution in [0, 0.1) is 0 Å². The van der Waals surface area contributed by atoms with Gasteiger partial charge in [0.25, 0.3) is 11.5 Å². The summed E-state index contributed by atoms with van der Waals surface area (Å²) >= 11 is 0. The highest BCUT2D eigenvalue weighted by atomic mass is 16.3. The number of hydrogen-bond donors (Lipinski definition) is 1. The van der Waals surface area contributed by atoms with Crippen molar-refractivity contribution < 1.29 is 9.21 Å². The molecule has 0 bridgehead atoms. The molecular formula is C18H14N4O3. The highest BCUT2D eigenvalue weighted by Gasteiger charge is 2.16. The number of aromatic nitrogens is 3. The van der Waals surface area contributed by atoms with Gasteiger partial charge in [-0.25, -0.2) is 14.5 Å². The van der Waals surface area contributed by atoms with E-state index in [0.717, 1.165) is 16.5 Å². The second-order valence-electron chi connectivity index (χ2n) is 5.86. The molecule has 0 unspecified atom stereocenters. The fraction of sp³-hybridized carbons (Fsp3) is 0.111. The average molecular weight is 334 g/mol. The van der Waals surface area contributed by atoms with Crippen molar-refractivity contribution in [3.05, 3.63) is 58.7 Å². The quantitative estimate of drug-likeness (QED) is 0.570. The maximum absolute atomic E-state index is 12.4. The van der Waals surface area contributed by atoms with Gasteiger partial charge in [0.2, 0.25) is 0 Å². The normalized spacial score (nSPS) is 11.1. The van der Waals surface area contributed by atoms with E-state index in [0.29, 0.717) is 11.4 Å². The van der Waals surface area contributed by atoms with Crippen molar-refractivity contribution in [3.8, 4) is 11.3 Å². The van der Waals surface area contributed by atoms with Crippen LogP contribution in [0.5, 0.6) is 0 Å². The van der Waals surface area contributed by atoms with Gasteiger partial charge in [0, 0.05) is 28.9 Å². The van der Waals surface area contributed by atoms with Crippen LogP contribution < -0.4 is 5.56 Å². The summed E-state index contributed by atoms with van der Waals surface area (Å²) in [6.07, 6.45) is 3.05. The topological polar surface area (TPSA) is 92.7 Å². The largest absolute Gasteiger partial charge is 0.464 e. The highest BCUT2D eigenvalue weighted by molar-refractivity contribution is 6.06. The molecule has 4 aromatic rings. The molecule has 1 N–H and O–H groups in total. The monoisotopic (exact) mass is 334 g/mol. The first-order valence-corrected chi connectivity index (χ1v) is 7.68. The summed E-state index contributed by atoms with van der Waals surface area (Å²) in [6, 6.07) is 8.80. The Morgan fingerprint density at radius 1 is 1.24 bits per heavy atom. The Labute approximate surface area is 141 Å². The standard InChI is InChI=1S/C18H14N4O3/c1-10(2)20-18(24)13-9-19-22-16(23)8-14(21-17(13)22)11-3-4-15-12(7-11)5-6-25-15/h3-9,19H,1-2H3. The van der Waals surface area contributed by atoms with Gasteiger partial charge in [-0.15, -0.1) is 0 Å². The van der Waals surface area contributed by atoms with E-state index < -0.39 is 5.91 Å². The maximum Gasteiger partial charge on any atom is 0.282 e. The Balaban J connectivity index is 1.92. The Morgan fingerprint density at radius 3 is 2.88 bits per heavy atom. The molecule has 0 fully saturated rings. The van der Waals surface area contributed by atoms with Crippen molar-refractivity contribution in [2.24, 2.45) is 4.99 Å². The van der Waals surface area contributed by atoms with E-state index in [2.05, 4.69) is 15.1 Å². The van der Waals surface area contributed by atoms with Crippen LogP contribution in [0.15, 0.2) is 57.0 Å². The van der Waals surface area contributed by atoms with Gasteiger partial charge >= 0.3 is 0 Å². The summed E-state index contributed by atoms with van der Waals surface area (Å²) in [5.74, 6) is -0.437. The van der Waals surface area contributed by atoms with Gasteiger partial charge in [0.15, 0.2) is 5.65 Å². The summed E-state index contributed by atoms with van der Waals surface area (Å²) in [5.41, 5.74) is 2.85. The van der Waals surface area contributed by atoms with E-state index in [1.54, 1.807) is 20.1 Å². The van der Waals surface area contributed by atoms with Crippen molar-refractivity contribution >= 4 is 28.2 Å². The van der Waals surface area contributed by atoms with Gasteiger partial charge in [0.1, 0.15) is 11.1 Å². The van der Waals surface area contributed by atoms with Gasteiger partial charge in [0.05, 0.1) is 12.0 Å². The second-order valence-corrected chi connectivity index (χ2v) is 5.86. The Kier molecular flexibility index (Phi) is 3.35. The van der Waals surface area contributed by atoms with Crippen molar-refractivity contribution in [1.29, 1.82) is 0 Å². The van der Waals surface area contributed by atoms with Crippen molar-refractivity contribution in [1.82, 2.24) is 14.6 Å². The van der Waals surface area contributed by atoms with Crippen molar-refractivity contribution in [2.75, 3.05) is 0 Å². The summed E-state index contributed by atoms with van der Waals surface area (Å²) < 4.78 is 6.56.